The fourth-order valence-electron chi connectivity index (χ4n) is 1.52. The Bertz CT molecular complexity index is 636. The maximum Gasteiger partial charge on any atom is 0.261 e. The van der Waals surface area contributed by atoms with Crippen LogP contribution in [0, 0.1) is 0 Å². The number of benzene rings is 2. The van der Waals surface area contributed by atoms with Crippen molar-refractivity contribution in [1.29, 1.82) is 0 Å². The first-order chi connectivity index (χ1) is 7.98. The molecule has 0 amide bonds. The maximum atomic E-state index is 11.1. The average molecular weight is 269 g/mol. The molecule has 0 heterocycles. The Labute approximate surface area is 104 Å². The van der Waals surface area contributed by atoms with Gasteiger partial charge in [0.05, 0.1) is 4.90 Å². The third-order valence-electron chi connectivity index (χ3n) is 2.34. The standard InChI is InChI=1S/C12H9ClO3S/c13-17(15,16)10-6-7-11(12(14)8-10)9-4-2-1-3-5-9/h1-8,14H. The molecule has 17 heavy (non-hydrogen) atoms. The van der Waals surface area contributed by atoms with Crippen LogP contribution in [-0.4, -0.2) is 13.5 Å². The van der Waals surface area contributed by atoms with Crippen LogP contribution in [0.15, 0.2) is 53.4 Å². The first kappa shape index (κ1) is 12.0. The van der Waals surface area contributed by atoms with E-state index < -0.39 is 9.05 Å². The molecule has 0 aliphatic carbocycles. The predicted octanol–water partition coefficient (Wildman–Crippen LogP) is 2.99. The lowest BCUT2D eigenvalue weighted by molar-refractivity contribution is 0.475. The molecule has 0 fully saturated rings. The van der Waals surface area contributed by atoms with Gasteiger partial charge in [0.25, 0.3) is 9.05 Å². The van der Waals surface area contributed by atoms with Gasteiger partial charge in [0, 0.05) is 22.3 Å². The molecule has 2 aromatic rings. The minimum atomic E-state index is -3.81. The van der Waals surface area contributed by atoms with Crippen molar-refractivity contribution < 1.29 is 13.5 Å². The quantitative estimate of drug-likeness (QED) is 0.852. The Balaban J connectivity index is 2.54. The monoisotopic (exact) mass is 268 g/mol. The Hall–Kier alpha value is -1.52. The highest BCUT2D eigenvalue weighted by Crippen LogP contribution is 2.31. The number of halogens is 1. The Morgan fingerprint density at radius 3 is 2.18 bits per heavy atom. The smallest absolute Gasteiger partial charge is 0.261 e. The molecule has 5 heteroatoms. The van der Waals surface area contributed by atoms with E-state index in [1.165, 1.54) is 12.1 Å². The Kier molecular flexibility index (Phi) is 3.09. The van der Waals surface area contributed by atoms with Crippen LogP contribution in [0.2, 0.25) is 0 Å². The molecule has 0 aliphatic heterocycles. The van der Waals surface area contributed by atoms with Crippen LogP contribution in [0.4, 0.5) is 0 Å². The van der Waals surface area contributed by atoms with Crippen molar-refractivity contribution >= 4 is 19.7 Å². The van der Waals surface area contributed by atoms with Gasteiger partial charge in [-0.15, -0.1) is 0 Å². The summed E-state index contributed by atoms with van der Waals surface area (Å²) in [5, 5.41) is 9.79. The SMILES string of the molecule is O=S(=O)(Cl)c1ccc(-c2ccccc2)c(O)c1. The molecule has 0 saturated heterocycles. The summed E-state index contributed by atoms with van der Waals surface area (Å²) in [5.74, 6) is -0.113. The average Bonchev–Trinajstić information content (AvgIpc) is 2.29. The summed E-state index contributed by atoms with van der Waals surface area (Å²) in [7, 11) is 1.38. The summed E-state index contributed by atoms with van der Waals surface area (Å²) in [6, 6.07) is 13.2. The van der Waals surface area contributed by atoms with E-state index in [2.05, 4.69) is 0 Å². The molecule has 0 aliphatic rings. The van der Waals surface area contributed by atoms with Gasteiger partial charge >= 0.3 is 0 Å². The highest BCUT2D eigenvalue weighted by atomic mass is 35.7. The lowest BCUT2D eigenvalue weighted by atomic mass is 10.1. The van der Waals surface area contributed by atoms with Gasteiger partial charge < -0.3 is 5.11 Å². The highest BCUT2D eigenvalue weighted by molar-refractivity contribution is 8.13. The van der Waals surface area contributed by atoms with Crippen LogP contribution in [0.3, 0.4) is 0 Å². The summed E-state index contributed by atoms with van der Waals surface area (Å²) >= 11 is 0. The van der Waals surface area contributed by atoms with E-state index in [4.69, 9.17) is 10.7 Å². The van der Waals surface area contributed by atoms with E-state index in [0.29, 0.717) is 5.56 Å². The molecule has 0 unspecified atom stereocenters. The molecule has 3 nitrogen and oxygen atoms in total. The highest BCUT2D eigenvalue weighted by Gasteiger charge is 2.13. The van der Waals surface area contributed by atoms with E-state index in [9.17, 15) is 13.5 Å². The zero-order valence-electron chi connectivity index (χ0n) is 8.67. The molecule has 0 radical (unpaired) electrons. The second-order valence-electron chi connectivity index (χ2n) is 3.48. The third kappa shape index (κ3) is 2.60. The molecule has 1 N–H and O–H groups in total. The second-order valence-corrected chi connectivity index (χ2v) is 6.05. The van der Waals surface area contributed by atoms with Gasteiger partial charge in [-0.2, -0.15) is 0 Å². The summed E-state index contributed by atoms with van der Waals surface area (Å²) in [4.78, 5) is -0.114. The normalized spacial score (nSPS) is 11.4. The topological polar surface area (TPSA) is 54.4 Å². The molecule has 2 rings (SSSR count). The molecule has 0 saturated carbocycles. The third-order valence-corrected chi connectivity index (χ3v) is 3.69. The molecule has 2 aromatic carbocycles. The van der Waals surface area contributed by atoms with Crippen molar-refractivity contribution in [3.63, 3.8) is 0 Å². The molecule has 88 valence electrons. The summed E-state index contributed by atoms with van der Waals surface area (Å²) in [5.41, 5.74) is 1.37. The summed E-state index contributed by atoms with van der Waals surface area (Å²) in [6.45, 7) is 0. The molecule has 0 atom stereocenters. The van der Waals surface area contributed by atoms with Crippen molar-refractivity contribution in [3.05, 3.63) is 48.5 Å². The van der Waals surface area contributed by atoms with Crippen LogP contribution in [0.5, 0.6) is 5.75 Å². The molecule has 0 spiro atoms. The van der Waals surface area contributed by atoms with Gasteiger partial charge in [0.15, 0.2) is 0 Å². The zero-order valence-corrected chi connectivity index (χ0v) is 10.2. The number of hydrogen-bond acceptors (Lipinski definition) is 3. The van der Waals surface area contributed by atoms with Gasteiger partial charge in [-0.05, 0) is 17.7 Å². The van der Waals surface area contributed by atoms with Crippen LogP contribution in [0.1, 0.15) is 0 Å². The van der Waals surface area contributed by atoms with E-state index in [1.807, 2.05) is 30.3 Å². The summed E-state index contributed by atoms with van der Waals surface area (Å²) < 4.78 is 22.2. The number of hydrogen-bond donors (Lipinski definition) is 1. The number of phenolic OH excluding ortho intramolecular Hbond substituents is 1. The van der Waals surface area contributed by atoms with Gasteiger partial charge in [-0.1, -0.05) is 30.3 Å². The lowest BCUT2D eigenvalue weighted by Crippen LogP contribution is -1.90. The second kappa shape index (κ2) is 4.39. The van der Waals surface area contributed by atoms with E-state index in [0.717, 1.165) is 11.6 Å². The van der Waals surface area contributed by atoms with Crippen LogP contribution < -0.4 is 0 Å². The van der Waals surface area contributed by atoms with Crippen molar-refractivity contribution in [3.8, 4) is 16.9 Å². The van der Waals surface area contributed by atoms with Gasteiger partial charge in [0.2, 0.25) is 0 Å². The lowest BCUT2D eigenvalue weighted by Gasteiger charge is -2.05. The predicted molar refractivity (Wildman–Crippen MR) is 66.6 cm³/mol. The molecule has 0 aromatic heterocycles. The van der Waals surface area contributed by atoms with Gasteiger partial charge in [-0.3, -0.25) is 0 Å². The minimum absolute atomic E-state index is 0.113. The van der Waals surface area contributed by atoms with Crippen molar-refractivity contribution in [2.75, 3.05) is 0 Å². The molecular weight excluding hydrogens is 260 g/mol. The zero-order chi connectivity index (χ0) is 12.5. The Morgan fingerprint density at radius 1 is 1.00 bits per heavy atom. The van der Waals surface area contributed by atoms with Gasteiger partial charge in [-0.25, -0.2) is 8.42 Å². The molecular formula is C12H9ClO3S. The van der Waals surface area contributed by atoms with Crippen LogP contribution in [-0.2, 0) is 9.05 Å². The maximum absolute atomic E-state index is 11.1. The van der Waals surface area contributed by atoms with Gasteiger partial charge in [0.1, 0.15) is 5.75 Å². The van der Waals surface area contributed by atoms with Crippen LogP contribution >= 0.6 is 10.7 Å². The first-order valence-electron chi connectivity index (χ1n) is 4.81. The fraction of sp³-hybridized carbons (Fsp3) is 0. The van der Waals surface area contributed by atoms with E-state index >= 15 is 0 Å². The van der Waals surface area contributed by atoms with E-state index in [1.54, 1.807) is 0 Å². The minimum Gasteiger partial charge on any atom is -0.507 e. The van der Waals surface area contributed by atoms with Crippen molar-refractivity contribution in [1.82, 2.24) is 0 Å². The number of phenols is 1. The number of aromatic hydroxyl groups is 1. The largest absolute Gasteiger partial charge is 0.507 e. The van der Waals surface area contributed by atoms with Crippen molar-refractivity contribution in [2.45, 2.75) is 4.90 Å². The van der Waals surface area contributed by atoms with Crippen LogP contribution in [0.25, 0.3) is 11.1 Å². The van der Waals surface area contributed by atoms with Crippen molar-refractivity contribution in [2.24, 2.45) is 0 Å². The number of rotatable bonds is 2. The fourth-order valence-corrected chi connectivity index (χ4v) is 2.30. The Morgan fingerprint density at radius 2 is 1.65 bits per heavy atom. The summed E-state index contributed by atoms with van der Waals surface area (Å²) in [6.07, 6.45) is 0. The molecule has 0 bridgehead atoms. The van der Waals surface area contributed by atoms with E-state index in [-0.39, 0.29) is 10.6 Å². The first-order valence-corrected chi connectivity index (χ1v) is 7.12.